The highest BCUT2D eigenvalue weighted by Gasteiger charge is 2.18. The van der Waals surface area contributed by atoms with E-state index >= 15 is 0 Å². The SMILES string of the molecule is COc1cc(NCCCN(C)C)c(OC)c2nc(/C=C/c3ccc(F)cc3)c(/C=C/c3ccc(F)cc3)nc12. The summed E-state index contributed by atoms with van der Waals surface area (Å²) in [5.41, 5.74) is 4.64. The predicted octanol–water partition coefficient (Wildman–Crippen LogP) is 6.63. The molecule has 0 spiro atoms. The van der Waals surface area contributed by atoms with Crippen LogP contribution in [0.2, 0.25) is 0 Å². The van der Waals surface area contributed by atoms with Crippen molar-refractivity contribution in [1.82, 2.24) is 14.9 Å². The van der Waals surface area contributed by atoms with E-state index in [-0.39, 0.29) is 11.6 Å². The third-order valence-electron chi connectivity index (χ3n) is 6.05. The van der Waals surface area contributed by atoms with Gasteiger partial charge in [0.2, 0.25) is 0 Å². The second kappa shape index (κ2) is 13.0. The van der Waals surface area contributed by atoms with Gasteiger partial charge in [-0.15, -0.1) is 0 Å². The van der Waals surface area contributed by atoms with Gasteiger partial charge in [0.05, 0.1) is 31.3 Å². The van der Waals surface area contributed by atoms with Crippen LogP contribution < -0.4 is 14.8 Å². The molecule has 0 saturated heterocycles. The van der Waals surface area contributed by atoms with Crippen molar-refractivity contribution in [3.8, 4) is 11.5 Å². The number of hydrogen-bond acceptors (Lipinski definition) is 6. The number of nitrogens with one attached hydrogen (secondary N) is 1. The Balaban J connectivity index is 1.81. The maximum atomic E-state index is 13.4. The monoisotopic (exact) mass is 530 g/mol. The lowest BCUT2D eigenvalue weighted by molar-refractivity contribution is 0.403. The minimum Gasteiger partial charge on any atom is -0.494 e. The van der Waals surface area contributed by atoms with Crippen molar-refractivity contribution < 1.29 is 18.3 Å². The number of benzene rings is 3. The van der Waals surface area contributed by atoms with Gasteiger partial charge in [-0.2, -0.15) is 0 Å². The van der Waals surface area contributed by atoms with Crippen molar-refractivity contribution >= 4 is 41.0 Å². The number of anilines is 1. The van der Waals surface area contributed by atoms with Gasteiger partial charge in [0.1, 0.15) is 28.4 Å². The molecule has 3 aromatic carbocycles. The molecule has 202 valence electrons. The third-order valence-corrected chi connectivity index (χ3v) is 6.05. The molecule has 0 atom stereocenters. The van der Waals surface area contributed by atoms with Gasteiger partial charge in [-0.05, 0) is 74.6 Å². The number of ether oxygens (including phenoxy) is 2. The molecule has 39 heavy (non-hydrogen) atoms. The summed E-state index contributed by atoms with van der Waals surface area (Å²) in [4.78, 5) is 12.0. The van der Waals surface area contributed by atoms with Gasteiger partial charge in [-0.3, -0.25) is 0 Å². The van der Waals surface area contributed by atoms with Crippen LogP contribution in [0.25, 0.3) is 35.3 Å². The minimum atomic E-state index is -0.303. The van der Waals surface area contributed by atoms with E-state index in [9.17, 15) is 8.78 Å². The molecule has 0 unspecified atom stereocenters. The van der Waals surface area contributed by atoms with E-state index in [1.54, 1.807) is 38.5 Å². The Morgan fingerprint density at radius 2 is 1.31 bits per heavy atom. The lowest BCUT2D eigenvalue weighted by atomic mass is 10.1. The van der Waals surface area contributed by atoms with E-state index in [2.05, 4.69) is 10.2 Å². The smallest absolute Gasteiger partial charge is 0.170 e. The van der Waals surface area contributed by atoms with E-state index in [1.165, 1.54) is 24.3 Å². The number of halogens is 2. The largest absolute Gasteiger partial charge is 0.494 e. The number of hydrogen-bond donors (Lipinski definition) is 1. The molecule has 1 N–H and O–H groups in total. The Morgan fingerprint density at radius 1 is 0.769 bits per heavy atom. The molecule has 0 aliphatic rings. The van der Waals surface area contributed by atoms with Gasteiger partial charge in [0.25, 0.3) is 0 Å². The maximum absolute atomic E-state index is 13.4. The zero-order valence-electron chi connectivity index (χ0n) is 22.5. The first-order valence-corrected chi connectivity index (χ1v) is 12.6. The van der Waals surface area contributed by atoms with Crippen molar-refractivity contribution in [3.63, 3.8) is 0 Å². The van der Waals surface area contributed by atoms with Crippen LogP contribution in [0.3, 0.4) is 0 Å². The van der Waals surface area contributed by atoms with Crippen molar-refractivity contribution in [2.24, 2.45) is 0 Å². The zero-order chi connectivity index (χ0) is 27.8. The fourth-order valence-electron chi connectivity index (χ4n) is 4.04. The molecule has 0 aliphatic carbocycles. The first-order chi connectivity index (χ1) is 18.9. The van der Waals surface area contributed by atoms with E-state index in [1.807, 2.05) is 44.5 Å². The van der Waals surface area contributed by atoms with Crippen LogP contribution in [0.5, 0.6) is 11.5 Å². The Hall–Kier alpha value is -4.30. The average Bonchev–Trinajstić information content (AvgIpc) is 2.93. The molecule has 0 saturated carbocycles. The number of fused-ring (bicyclic) bond motifs is 1. The third kappa shape index (κ3) is 7.18. The Morgan fingerprint density at radius 3 is 1.79 bits per heavy atom. The van der Waals surface area contributed by atoms with Crippen LogP contribution in [-0.4, -0.2) is 56.3 Å². The van der Waals surface area contributed by atoms with Crippen molar-refractivity contribution in [2.45, 2.75) is 6.42 Å². The Labute approximate surface area is 227 Å². The van der Waals surface area contributed by atoms with Crippen LogP contribution in [0, 0.1) is 11.6 Å². The lowest BCUT2D eigenvalue weighted by Crippen LogP contribution is -2.16. The highest BCUT2D eigenvalue weighted by molar-refractivity contribution is 5.94. The van der Waals surface area contributed by atoms with Crippen LogP contribution in [0.4, 0.5) is 14.5 Å². The molecule has 6 nitrogen and oxygen atoms in total. The highest BCUT2D eigenvalue weighted by atomic mass is 19.1. The molecule has 4 rings (SSSR count). The predicted molar refractivity (Wildman–Crippen MR) is 155 cm³/mol. The molecular weight excluding hydrogens is 498 g/mol. The lowest BCUT2D eigenvalue weighted by Gasteiger charge is -2.17. The van der Waals surface area contributed by atoms with Gasteiger partial charge >= 0.3 is 0 Å². The van der Waals surface area contributed by atoms with E-state index in [0.29, 0.717) is 33.9 Å². The molecule has 1 heterocycles. The first kappa shape index (κ1) is 27.7. The summed E-state index contributed by atoms with van der Waals surface area (Å²) in [6, 6.07) is 14.2. The fraction of sp³-hybridized carbons (Fsp3) is 0.226. The van der Waals surface area contributed by atoms with Gasteiger partial charge in [-0.25, -0.2) is 18.7 Å². The molecule has 0 amide bonds. The van der Waals surface area contributed by atoms with Crippen molar-refractivity contribution in [1.29, 1.82) is 0 Å². The van der Waals surface area contributed by atoms with Crippen LogP contribution >= 0.6 is 0 Å². The summed E-state index contributed by atoms with van der Waals surface area (Å²) in [5.74, 6) is 0.513. The normalized spacial score (nSPS) is 11.7. The molecule has 0 radical (unpaired) electrons. The van der Waals surface area contributed by atoms with Crippen LogP contribution in [0.15, 0.2) is 54.6 Å². The summed E-state index contributed by atoms with van der Waals surface area (Å²) in [6.45, 7) is 1.69. The second-order valence-electron chi connectivity index (χ2n) is 9.20. The number of rotatable bonds is 11. The first-order valence-electron chi connectivity index (χ1n) is 12.6. The summed E-state index contributed by atoms with van der Waals surface area (Å²) >= 11 is 0. The fourth-order valence-corrected chi connectivity index (χ4v) is 4.04. The average molecular weight is 531 g/mol. The number of nitrogens with zero attached hydrogens (tertiary/aromatic N) is 3. The highest BCUT2D eigenvalue weighted by Crippen LogP contribution is 2.39. The summed E-state index contributed by atoms with van der Waals surface area (Å²) in [5, 5.41) is 3.44. The minimum absolute atomic E-state index is 0.302. The molecule has 0 fully saturated rings. The van der Waals surface area contributed by atoms with Crippen molar-refractivity contribution in [2.75, 3.05) is 46.7 Å². The molecule has 0 aliphatic heterocycles. The topological polar surface area (TPSA) is 59.5 Å². The maximum Gasteiger partial charge on any atom is 0.170 e. The Kier molecular flexibility index (Phi) is 9.22. The van der Waals surface area contributed by atoms with Gasteiger partial charge in [0.15, 0.2) is 5.75 Å². The molecule has 4 aromatic rings. The van der Waals surface area contributed by atoms with Crippen molar-refractivity contribution in [3.05, 3.63) is 88.7 Å². The second-order valence-corrected chi connectivity index (χ2v) is 9.20. The van der Waals surface area contributed by atoms with E-state index in [0.717, 1.165) is 36.3 Å². The standard InChI is InChI=1S/C31H32F2N4O2/c1-37(2)19-5-18-34-27-20-28(38-3)29-30(31(27)39-4)36-26(17-11-22-8-14-24(33)15-9-22)25(35-29)16-10-21-6-12-23(32)13-7-21/h6-17,20,34H,5,18-19H2,1-4H3/b16-10+,17-11+. The summed E-state index contributed by atoms with van der Waals surface area (Å²) in [6.07, 6.45) is 8.28. The molecule has 1 aromatic heterocycles. The van der Waals surface area contributed by atoms with E-state index in [4.69, 9.17) is 19.4 Å². The van der Waals surface area contributed by atoms with Gasteiger partial charge < -0.3 is 19.7 Å². The van der Waals surface area contributed by atoms with Crippen LogP contribution in [0.1, 0.15) is 28.9 Å². The van der Waals surface area contributed by atoms with E-state index < -0.39 is 0 Å². The number of aromatic nitrogens is 2. The summed E-state index contributed by atoms with van der Waals surface area (Å²) in [7, 11) is 7.27. The van der Waals surface area contributed by atoms with Gasteiger partial charge in [-0.1, -0.05) is 36.4 Å². The quantitative estimate of drug-likeness (QED) is 0.220. The van der Waals surface area contributed by atoms with Crippen LogP contribution in [-0.2, 0) is 0 Å². The zero-order valence-corrected chi connectivity index (χ0v) is 22.5. The number of methoxy groups -OCH3 is 2. The molecular formula is C31H32F2N4O2. The summed E-state index contributed by atoms with van der Waals surface area (Å²) < 4.78 is 38.3. The van der Waals surface area contributed by atoms with Gasteiger partial charge in [0, 0.05) is 12.6 Å². The Bertz CT molecular complexity index is 1470. The molecule has 0 bridgehead atoms. The molecule has 8 heteroatoms.